The molecule has 0 aliphatic carbocycles. The molecule has 1 rings (SSSR count). The van der Waals surface area contributed by atoms with Gasteiger partial charge in [-0.3, -0.25) is 10.4 Å². The van der Waals surface area contributed by atoms with Crippen LogP contribution in [0.2, 0.25) is 0 Å². The van der Waals surface area contributed by atoms with Crippen LogP contribution in [0, 0.1) is 17.3 Å². The number of nitrogens with zero attached hydrogens (tertiary/aromatic N) is 1. The lowest BCUT2D eigenvalue weighted by molar-refractivity contribution is -0.0584. The Hall–Kier alpha value is -2.85. The Morgan fingerprint density at radius 3 is 2.74 bits per heavy atom. The maximum absolute atomic E-state index is 12.4. The number of alkyl halides is 3. The lowest BCUT2D eigenvalue weighted by atomic mass is 10.1. The fraction of sp³-hybridized carbons (Fsp3) is 0.300. The zero-order chi connectivity index (χ0) is 20.3. The number of unbranched alkanes of at least 4 members (excludes halogenated alkanes) is 1. The molecule has 1 aromatic carbocycles. The Bertz CT molecular complexity index is 797. The van der Waals surface area contributed by atoms with E-state index >= 15 is 0 Å². The van der Waals surface area contributed by atoms with Gasteiger partial charge in [-0.05, 0) is 37.1 Å². The third-order valence-electron chi connectivity index (χ3n) is 3.19. The van der Waals surface area contributed by atoms with Gasteiger partial charge in [-0.15, -0.1) is 0 Å². The molecule has 0 aliphatic heterocycles. The topological polar surface area (TPSA) is 71.5 Å². The molecular weight excluding hydrogens is 355 g/mol. The maximum atomic E-state index is 12.4. The van der Waals surface area contributed by atoms with Crippen molar-refractivity contribution in [3.63, 3.8) is 0 Å². The second-order valence-corrected chi connectivity index (χ2v) is 5.59. The molecule has 0 saturated heterocycles. The van der Waals surface area contributed by atoms with Crippen LogP contribution in [0.4, 0.5) is 13.2 Å². The highest BCUT2D eigenvalue weighted by molar-refractivity contribution is 5.96. The molecule has 3 N–H and O–H groups in total. The summed E-state index contributed by atoms with van der Waals surface area (Å²) in [6.45, 7) is 4.21. The van der Waals surface area contributed by atoms with E-state index in [-0.39, 0.29) is 5.75 Å². The van der Waals surface area contributed by atoms with Crippen molar-refractivity contribution in [3.8, 4) is 17.6 Å². The quantitative estimate of drug-likeness (QED) is 0.414. The molecule has 1 aromatic rings. The summed E-state index contributed by atoms with van der Waals surface area (Å²) in [5.41, 5.74) is 6.08. The highest BCUT2D eigenvalue weighted by Crippen LogP contribution is 2.21. The fourth-order valence-corrected chi connectivity index (χ4v) is 1.68. The minimum Gasteiger partial charge on any atom is -0.464 e. The first-order valence-electron chi connectivity index (χ1n) is 8.28. The van der Waals surface area contributed by atoms with E-state index in [9.17, 15) is 13.2 Å². The maximum Gasteiger partial charge on any atom is 0.432 e. The highest BCUT2D eigenvalue weighted by Gasteiger charge is 2.32. The second-order valence-electron chi connectivity index (χ2n) is 5.59. The van der Waals surface area contributed by atoms with Gasteiger partial charge in [-0.25, -0.2) is 0 Å². The molecule has 0 atom stereocenters. The summed E-state index contributed by atoms with van der Waals surface area (Å²) >= 11 is 0. The highest BCUT2D eigenvalue weighted by atomic mass is 19.4. The van der Waals surface area contributed by atoms with Crippen molar-refractivity contribution in [1.82, 2.24) is 0 Å². The SMILES string of the molecule is CCCC#Cc1ccc(C=N/C=C(\C)CN)c(O/C=C/C(=N)C(F)(F)F)c1. The van der Waals surface area contributed by atoms with E-state index in [2.05, 4.69) is 16.8 Å². The van der Waals surface area contributed by atoms with Crippen molar-refractivity contribution in [1.29, 1.82) is 5.41 Å². The zero-order valence-electron chi connectivity index (χ0n) is 15.2. The van der Waals surface area contributed by atoms with Crippen LogP contribution in [0.1, 0.15) is 37.8 Å². The molecular formula is C20H22F3N3O. The van der Waals surface area contributed by atoms with Crippen molar-refractivity contribution in [2.45, 2.75) is 32.9 Å². The number of hydrogen-bond acceptors (Lipinski definition) is 4. The summed E-state index contributed by atoms with van der Waals surface area (Å²) in [7, 11) is 0. The van der Waals surface area contributed by atoms with Crippen molar-refractivity contribution in [3.05, 3.63) is 53.4 Å². The number of allylic oxidation sites excluding steroid dienone is 1. The smallest absolute Gasteiger partial charge is 0.432 e. The Morgan fingerprint density at radius 2 is 2.11 bits per heavy atom. The Labute approximate surface area is 157 Å². The molecule has 0 amide bonds. The number of ether oxygens (including phenoxy) is 1. The number of benzene rings is 1. The average Bonchev–Trinajstić information content (AvgIpc) is 2.62. The second kappa shape index (κ2) is 11.0. The summed E-state index contributed by atoms with van der Waals surface area (Å²) in [6, 6.07) is 5.10. The van der Waals surface area contributed by atoms with Crippen LogP contribution in [0.5, 0.6) is 5.75 Å². The number of nitrogens with two attached hydrogens (primary N) is 1. The van der Waals surface area contributed by atoms with E-state index in [0.29, 0.717) is 23.7 Å². The minimum absolute atomic E-state index is 0.284. The van der Waals surface area contributed by atoms with Crippen LogP contribution < -0.4 is 10.5 Å². The molecule has 0 unspecified atom stereocenters. The number of nitrogens with one attached hydrogen (secondary N) is 1. The molecule has 0 aliphatic rings. The van der Waals surface area contributed by atoms with Gasteiger partial charge >= 0.3 is 6.18 Å². The summed E-state index contributed by atoms with van der Waals surface area (Å²) in [5, 5.41) is 6.93. The molecule has 0 spiro atoms. The van der Waals surface area contributed by atoms with E-state index in [0.717, 1.165) is 24.7 Å². The lowest BCUT2D eigenvalue weighted by Gasteiger charge is -2.07. The molecule has 144 valence electrons. The fourth-order valence-electron chi connectivity index (χ4n) is 1.68. The third-order valence-corrected chi connectivity index (χ3v) is 3.19. The zero-order valence-corrected chi connectivity index (χ0v) is 15.2. The Balaban J connectivity index is 3.10. The molecule has 0 saturated carbocycles. The molecule has 0 aromatic heterocycles. The number of rotatable bonds is 7. The van der Waals surface area contributed by atoms with Crippen LogP contribution >= 0.6 is 0 Å². The summed E-state index contributed by atoms with van der Waals surface area (Å²) < 4.78 is 42.4. The summed E-state index contributed by atoms with van der Waals surface area (Å²) in [6.07, 6.45) is 1.43. The van der Waals surface area contributed by atoms with Gasteiger partial charge in [-0.2, -0.15) is 13.2 Å². The number of aliphatic imine (C=N–C) groups is 1. The predicted octanol–water partition coefficient (Wildman–Crippen LogP) is 4.59. The van der Waals surface area contributed by atoms with E-state index in [1.54, 1.807) is 24.4 Å². The van der Waals surface area contributed by atoms with Gasteiger partial charge in [0.05, 0.1) is 6.26 Å². The van der Waals surface area contributed by atoms with E-state index < -0.39 is 11.9 Å². The van der Waals surface area contributed by atoms with Gasteiger partial charge in [0.1, 0.15) is 11.5 Å². The van der Waals surface area contributed by atoms with Crippen molar-refractivity contribution in [2.75, 3.05) is 6.54 Å². The first-order chi connectivity index (χ1) is 12.8. The molecule has 27 heavy (non-hydrogen) atoms. The van der Waals surface area contributed by atoms with E-state index in [1.807, 2.05) is 13.8 Å². The minimum atomic E-state index is -4.72. The third kappa shape index (κ3) is 8.38. The van der Waals surface area contributed by atoms with Crippen LogP contribution in [-0.2, 0) is 0 Å². The van der Waals surface area contributed by atoms with Crippen LogP contribution in [-0.4, -0.2) is 24.6 Å². The summed E-state index contributed by atoms with van der Waals surface area (Å²) in [5.74, 6) is 6.25. The number of hydrogen-bond donors (Lipinski definition) is 2. The van der Waals surface area contributed by atoms with Crippen LogP contribution in [0.25, 0.3) is 0 Å². The van der Waals surface area contributed by atoms with E-state index in [1.165, 1.54) is 6.21 Å². The Morgan fingerprint density at radius 1 is 1.37 bits per heavy atom. The molecule has 4 nitrogen and oxygen atoms in total. The largest absolute Gasteiger partial charge is 0.464 e. The van der Waals surface area contributed by atoms with Gasteiger partial charge in [-0.1, -0.05) is 18.8 Å². The van der Waals surface area contributed by atoms with Crippen molar-refractivity contribution in [2.24, 2.45) is 10.7 Å². The first-order valence-corrected chi connectivity index (χ1v) is 8.28. The lowest BCUT2D eigenvalue weighted by Crippen LogP contribution is -2.19. The molecule has 0 bridgehead atoms. The van der Waals surface area contributed by atoms with E-state index in [4.69, 9.17) is 15.9 Å². The normalized spacial score (nSPS) is 12.3. The summed E-state index contributed by atoms with van der Waals surface area (Å²) in [4.78, 5) is 4.13. The average molecular weight is 377 g/mol. The molecule has 0 heterocycles. The molecule has 0 radical (unpaired) electrons. The molecule has 7 heteroatoms. The van der Waals surface area contributed by atoms with Gasteiger partial charge in [0, 0.05) is 42.6 Å². The van der Waals surface area contributed by atoms with Crippen molar-refractivity contribution < 1.29 is 17.9 Å². The monoisotopic (exact) mass is 377 g/mol. The van der Waals surface area contributed by atoms with Gasteiger partial charge in [0.2, 0.25) is 0 Å². The standard InChI is InChI=1S/C20H22F3N3O/c1-3-4-5-6-16-7-8-17(14-26-13-15(2)12-24)18(11-16)27-10-9-19(25)20(21,22)23/h7-11,13-14,25H,3-4,12,24H2,1-2H3/b10-9+,15-13+,25-19?,26-14?. The molecule has 0 fully saturated rings. The van der Waals surface area contributed by atoms with Gasteiger partial charge in [0.25, 0.3) is 0 Å². The van der Waals surface area contributed by atoms with Crippen LogP contribution in [0.3, 0.4) is 0 Å². The van der Waals surface area contributed by atoms with Gasteiger partial charge in [0.15, 0.2) is 0 Å². The first kappa shape index (κ1) is 22.2. The number of halogens is 3. The predicted molar refractivity (Wildman–Crippen MR) is 102 cm³/mol. The van der Waals surface area contributed by atoms with Gasteiger partial charge < -0.3 is 10.5 Å². The van der Waals surface area contributed by atoms with Crippen LogP contribution in [0.15, 0.2) is 47.3 Å². The van der Waals surface area contributed by atoms with Crippen molar-refractivity contribution >= 4 is 11.9 Å². The Kier molecular flexibility index (Phi) is 9.03.